The van der Waals surface area contributed by atoms with Crippen LogP contribution >= 0.6 is 28.3 Å². The van der Waals surface area contributed by atoms with Crippen molar-refractivity contribution in [2.75, 3.05) is 12.3 Å². The van der Waals surface area contributed by atoms with Gasteiger partial charge in [-0.3, -0.25) is 0 Å². The molecule has 1 unspecified atom stereocenters. The van der Waals surface area contributed by atoms with E-state index in [4.69, 9.17) is 0 Å². The van der Waals surface area contributed by atoms with E-state index in [9.17, 15) is 8.42 Å². The molecule has 0 spiro atoms. The predicted octanol–water partition coefficient (Wildman–Crippen LogP) is 1.79. The minimum absolute atomic E-state index is 0. The highest BCUT2D eigenvalue weighted by Gasteiger charge is 2.24. The summed E-state index contributed by atoms with van der Waals surface area (Å²) in [5, 5.41) is 3.33. The van der Waals surface area contributed by atoms with E-state index in [1.807, 2.05) is 0 Å². The van der Waals surface area contributed by atoms with Crippen molar-refractivity contribution < 1.29 is 8.42 Å². The first kappa shape index (κ1) is 14.9. The van der Waals surface area contributed by atoms with Crippen molar-refractivity contribution in [1.82, 2.24) is 10.3 Å². The van der Waals surface area contributed by atoms with Gasteiger partial charge in [-0.15, -0.1) is 12.4 Å². The normalized spacial score (nSPS) is 19.9. The molecule has 7 heteroatoms. The number of nitrogens with one attached hydrogen (secondary N) is 1. The molecule has 1 aliphatic rings. The van der Waals surface area contributed by atoms with Gasteiger partial charge in [0, 0.05) is 6.04 Å². The minimum atomic E-state index is -3.27. The van der Waals surface area contributed by atoms with Gasteiger partial charge in [0.15, 0.2) is 14.9 Å². The zero-order chi connectivity index (χ0) is 11.6. The van der Waals surface area contributed by atoms with E-state index in [-0.39, 0.29) is 29.2 Å². The topological polar surface area (TPSA) is 59.1 Å². The number of halogens is 2. The summed E-state index contributed by atoms with van der Waals surface area (Å²) in [5.41, 5.74) is 0. The number of hydrogen-bond acceptors (Lipinski definition) is 4. The van der Waals surface area contributed by atoms with Crippen LogP contribution in [0.25, 0.3) is 0 Å². The maximum atomic E-state index is 12.0. The number of pyridine rings is 1. The largest absolute Gasteiger partial charge is 0.313 e. The molecule has 2 rings (SSSR count). The highest BCUT2D eigenvalue weighted by atomic mass is 79.9. The van der Waals surface area contributed by atoms with Crippen molar-refractivity contribution in [3.8, 4) is 0 Å². The fourth-order valence-corrected chi connectivity index (χ4v) is 3.78. The van der Waals surface area contributed by atoms with Crippen LogP contribution in [0.5, 0.6) is 0 Å². The molecule has 1 saturated heterocycles. The Morgan fingerprint density at radius 1 is 1.47 bits per heavy atom. The summed E-state index contributed by atoms with van der Waals surface area (Å²) < 4.78 is 24.6. The second kappa shape index (κ2) is 6.13. The molecule has 1 N–H and O–H groups in total. The average Bonchev–Trinajstić information content (AvgIpc) is 2.70. The SMILES string of the molecule is Cl.O=S(=O)(CC1CCCN1)c1cccc(Br)n1. The van der Waals surface area contributed by atoms with Crippen LogP contribution in [0.4, 0.5) is 0 Å². The van der Waals surface area contributed by atoms with Crippen LogP contribution in [-0.2, 0) is 9.84 Å². The smallest absolute Gasteiger partial charge is 0.197 e. The van der Waals surface area contributed by atoms with Crippen molar-refractivity contribution in [2.24, 2.45) is 0 Å². The zero-order valence-electron chi connectivity index (χ0n) is 9.10. The van der Waals surface area contributed by atoms with Crippen LogP contribution in [0.15, 0.2) is 27.8 Å². The molecule has 1 aliphatic heterocycles. The molecule has 96 valence electrons. The van der Waals surface area contributed by atoms with Gasteiger partial charge in [0.25, 0.3) is 0 Å². The molecule has 0 radical (unpaired) electrons. The van der Waals surface area contributed by atoms with Gasteiger partial charge >= 0.3 is 0 Å². The van der Waals surface area contributed by atoms with Crippen LogP contribution in [0, 0.1) is 0 Å². The summed E-state index contributed by atoms with van der Waals surface area (Å²) in [6.45, 7) is 0.909. The summed E-state index contributed by atoms with van der Waals surface area (Å²) in [6, 6.07) is 5.01. The predicted molar refractivity (Wildman–Crippen MR) is 72.3 cm³/mol. The van der Waals surface area contributed by atoms with Gasteiger partial charge in [0.1, 0.15) is 4.60 Å². The molecule has 2 heterocycles. The van der Waals surface area contributed by atoms with Gasteiger partial charge in [-0.1, -0.05) is 6.07 Å². The van der Waals surface area contributed by atoms with Crippen molar-refractivity contribution in [3.63, 3.8) is 0 Å². The third-order valence-corrected chi connectivity index (χ3v) is 4.74. The third-order valence-electron chi connectivity index (χ3n) is 2.59. The Kier molecular flexibility index (Phi) is 5.37. The van der Waals surface area contributed by atoms with Crippen molar-refractivity contribution in [3.05, 3.63) is 22.8 Å². The van der Waals surface area contributed by atoms with Crippen molar-refractivity contribution in [2.45, 2.75) is 23.9 Å². The van der Waals surface area contributed by atoms with E-state index >= 15 is 0 Å². The molecular weight excluding hydrogens is 328 g/mol. The lowest BCUT2D eigenvalue weighted by atomic mass is 10.3. The van der Waals surface area contributed by atoms with Crippen molar-refractivity contribution in [1.29, 1.82) is 0 Å². The van der Waals surface area contributed by atoms with Gasteiger partial charge in [0.05, 0.1) is 5.75 Å². The summed E-state index contributed by atoms with van der Waals surface area (Å²) in [6.07, 6.45) is 1.97. The minimum Gasteiger partial charge on any atom is -0.313 e. The maximum Gasteiger partial charge on any atom is 0.197 e. The Morgan fingerprint density at radius 3 is 2.82 bits per heavy atom. The molecule has 0 aliphatic carbocycles. The molecule has 1 aromatic heterocycles. The molecule has 17 heavy (non-hydrogen) atoms. The van der Waals surface area contributed by atoms with Crippen LogP contribution in [0.2, 0.25) is 0 Å². The van der Waals surface area contributed by atoms with Gasteiger partial charge in [-0.2, -0.15) is 0 Å². The number of rotatable bonds is 3. The monoisotopic (exact) mass is 340 g/mol. The Hall–Kier alpha value is -0.170. The molecular formula is C10H14BrClN2O2S. The molecule has 1 atom stereocenters. The highest BCUT2D eigenvalue weighted by Crippen LogP contribution is 2.16. The van der Waals surface area contributed by atoms with E-state index in [0.717, 1.165) is 19.4 Å². The number of sulfone groups is 1. The van der Waals surface area contributed by atoms with E-state index in [1.54, 1.807) is 12.1 Å². The molecule has 4 nitrogen and oxygen atoms in total. The van der Waals surface area contributed by atoms with E-state index in [1.165, 1.54) is 6.07 Å². The summed E-state index contributed by atoms with van der Waals surface area (Å²) in [4.78, 5) is 3.99. The summed E-state index contributed by atoms with van der Waals surface area (Å²) >= 11 is 3.18. The molecule has 1 aromatic rings. The Balaban J connectivity index is 0.00000144. The van der Waals surface area contributed by atoms with Gasteiger partial charge in [0.2, 0.25) is 0 Å². The maximum absolute atomic E-state index is 12.0. The number of hydrogen-bond donors (Lipinski definition) is 1. The highest BCUT2D eigenvalue weighted by molar-refractivity contribution is 9.10. The molecule has 0 saturated carbocycles. The first-order valence-electron chi connectivity index (χ1n) is 5.17. The quantitative estimate of drug-likeness (QED) is 0.852. The van der Waals surface area contributed by atoms with Gasteiger partial charge < -0.3 is 5.32 Å². The molecule has 1 fully saturated rings. The van der Waals surface area contributed by atoms with Gasteiger partial charge in [-0.05, 0) is 47.4 Å². The Morgan fingerprint density at radius 2 is 2.24 bits per heavy atom. The third kappa shape index (κ3) is 3.91. The lowest BCUT2D eigenvalue weighted by Gasteiger charge is -2.10. The van der Waals surface area contributed by atoms with Crippen LogP contribution in [0.3, 0.4) is 0 Å². The second-order valence-electron chi connectivity index (χ2n) is 3.87. The number of nitrogens with zero attached hydrogens (tertiary/aromatic N) is 1. The average molecular weight is 342 g/mol. The first-order chi connectivity index (χ1) is 7.58. The van der Waals surface area contributed by atoms with E-state index in [0.29, 0.717) is 4.60 Å². The van der Waals surface area contributed by atoms with Crippen LogP contribution < -0.4 is 5.32 Å². The summed E-state index contributed by atoms with van der Waals surface area (Å²) in [5.74, 6) is 0.135. The lowest BCUT2D eigenvalue weighted by Crippen LogP contribution is -2.30. The first-order valence-corrected chi connectivity index (χ1v) is 7.61. The number of aromatic nitrogens is 1. The Labute approximate surface area is 116 Å². The van der Waals surface area contributed by atoms with Crippen LogP contribution in [-0.4, -0.2) is 31.7 Å². The molecule has 0 aromatic carbocycles. The van der Waals surface area contributed by atoms with Gasteiger partial charge in [-0.25, -0.2) is 13.4 Å². The lowest BCUT2D eigenvalue weighted by molar-refractivity contribution is 0.573. The van der Waals surface area contributed by atoms with E-state index in [2.05, 4.69) is 26.2 Å². The summed E-state index contributed by atoms with van der Waals surface area (Å²) in [7, 11) is -3.27. The zero-order valence-corrected chi connectivity index (χ0v) is 12.3. The fraction of sp³-hybridized carbons (Fsp3) is 0.500. The molecule has 0 bridgehead atoms. The molecule has 0 amide bonds. The van der Waals surface area contributed by atoms with Crippen molar-refractivity contribution >= 4 is 38.2 Å². The van der Waals surface area contributed by atoms with E-state index < -0.39 is 9.84 Å². The standard InChI is InChI=1S/C10H13BrN2O2S.ClH/c11-9-4-1-5-10(13-9)16(14,15)7-8-3-2-6-12-8;/h1,4-5,8,12H,2-3,6-7H2;1H. The van der Waals surface area contributed by atoms with Crippen LogP contribution in [0.1, 0.15) is 12.8 Å². The second-order valence-corrected chi connectivity index (χ2v) is 6.67. The fourth-order valence-electron chi connectivity index (χ4n) is 1.81. The Bertz CT molecular complexity index is 475.